The van der Waals surface area contributed by atoms with Crippen LogP contribution in [0.1, 0.15) is 64.6 Å². The maximum atomic E-state index is 4.89. The number of pyridine rings is 1. The van der Waals surface area contributed by atoms with Gasteiger partial charge in [0.25, 0.3) is 0 Å². The molecule has 1 heterocycles. The maximum Gasteiger partial charge on any atom is 0.129 e. The van der Waals surface area contributed by atoms with Gasteiger partial charge in [-0.25, -0.2) is 4.98 Å². The van der Waals surface area contributed by atoms with Gasteiger partial charge in [-0.1, -0.05) is 34.1 Å². The minimum absolute atomic E-state index is 0.951. The van der Waals surface area contributed by atoms with E-state index in [9.17, 15) is 0 Å². The molecule has 0 aliphatic carbocycles. The molecule has 120 valence electrons. The van der Waals surface area contributed by atoms with Crippen LogP contribution < -0.4 is 10.2 Å². The van der Waals surface area contributed by atoms with Gasteiger partial charge >= 0.3 is 0 Å². The number of nitrogens with zero attached hydrogens (tertiary/aromatic N) is 2. The van der Waals surface area contributed by atoms with Crippen LogP contribution in [-0.2, 0) is 13.0 Å². The van der Waals surface area contributed by atoms with Crippen LogP contribution in [0.25, 0.3) is 0 Å². The summed E-state index contributed by atoms with van der Waals surface area (Å²) in [5, 5.41) is 3.50. The van der Waals surface area contributed by atoms with Gasteiger partial charge < -0.3 is 10.2 Å². The lowest BCUT2D eigenvalue weighted by Gasteiger charge is -2.24. The number of aryl methyl sites for hydroxylation is 1. The number of hydrogen-bond acceptors (Lipinski definition) is 3. The zero-order valence-electron chi connectivity index (χ0n) is 14.4. The largest absolute Gasteiger partial charge is 0.357 e. The fourth-order valence-electron chi connectivity index (χ4n) is 2.57. The summed E-state index contributed by atoms with van der Waals surface area (Å²) in [6.07, 6.45) is 5.74. The van der Waals surface area contributed by atoms with Crippen molar-refractivity contribution in [1.82, 2.24) is 10.3 Å². The van der Waals surface area contributed by atoms with E-state index in [1.165, 1.54) is 30.5 Å². The van der Waals surface area contributed by atoms with E-state index >= 15 is 0 Å². The van der Waals surface area contributed by atoms with Crippen LogP contribution in [0.3, 0.4) is 0 Å². The molecule has 3 heteroatoms. The average Bonchev–Trinajstić information content (AvgIpc) is 2.47. The molecule has 0 atom stereocenters. The first-order valence-electron chi connectivity index (χ1n) is 8.70. The monoisotopic (exact) mass is 291 g/mol. The number of anilines is 1. The van der Waals surface area contributed by atoms with Crippen molar-refractivity contribution in [3.63, 3.8) is 0 Å². The fraction of sp³-hybridized carbons (Fsp3) is 0.722. The predicted octanol–water partition coefficient (Wildman–Crippen LogP) is 4.16. The minimum Gasteiger partial charge on any atom is -0.357 e. The molecule has 0 amide bonds. The Hall–Kier alpha value is -1.09. The first kappa shape index (κ1) is 18.0. The zero-order valence-corrected chi connectivity index (χ0v) is 14.4. The smallest absolute Gasteiger partial charge is 0.129 e. The molecule has 0 radical (unpaired) electrons. The van der Waals surface area contributed by atoms with Gasteiger partial charge in [-0.15, -0.1) is 0 Å². The Morgan fingerprint density at radius 1 is 0.952 bits per heavy atom. The van der Waals surface area contributed by atoms with Crippen LogP contribution in [0.4, 0.5) is 5.82 Å². The summed E-state index contributed by atoms with van der Waals surface area (Å²) in [7, 11) is 0. The third-order valence-corrected chi connectivity index (χ3v) is 3.50. The van der Waals surface area contributed by atoms with Crippen LogP contribution >= 0.6 is 0 Å². The summed E-state index contributed by atoms with van der Waals surface area (Å²) >= 11 is 0. The molecule has 0 fully saturated rings. The van der Waals surface area contributed by atoms with Crippen LogP contribution in [-0.4, -0.2) is 24.6 Å². The number of rotatable bonds is 11. The average molecular weight is 291 g/mol. The molecular formula is C18H33N3. The van der Waals surface area contributed by atoms with E-state index in [1.54, 1.807) is 0 Å². The second-order valence-corrected chi connectivity index (χ2v) is 5.74. The van der Waals surface area contributed by atoms with Crippen LogP contribution in [0, 0.1) is 0 Å². The molecule has 0 spiro atoms. The Balaban J connectivity index is 2.92. The molecule has 1 rings (SSSR count). The molecule has 0 unspecified atom stereocenters. The van der Waals surface area contributed by atoms with Gasteiger partial charge in [0, 0.05) is 25.3 Å². The molecule has 21 heavy (non-hydrogen) atoms. The maximum absolute atomic E-state index is 4.89. The van der Waals surface area contributed by atoms with Crippen LogP contribution in [0.5, 0.6) is 0 Å². The second kappa shape index (κ2) is 10.6. The van der Waals surface area contributed by atoms with E-state index in [0.29, 0.717) is 0 Å². The lowest BCUT2D eigenvalue weighted by molar-refractivity contribution is 0.671. The zero-order chi connectivity index (χ0) is 15.5. The lowest BCUT2D eigenvalue weighted by Crippen LogP contribution is -2.26. The number of nitrogens with one attached hydrogen (secondary N) is 1. The summed E-state index contributed by atoms with van der Waals surface area (Å²) < 4.78 is 0. The van der Waals surface area contributed by atoms with Crippen molar-refractivity contribution in [2.75, 3.05) is 24.5 Å². The third-order valence-electron chi connectivity index (χ3n) is 3.50. The molecule has 1 aromatic heterocycles. The van der Waals surface area contributed by atoms with E-state index in [2.05, 4.69) is 50.0 Å². The highest BCUT2D eigenvalue weighted by atomic mass is 15.2. The van der Waals surface area contributed by atoms with E-state index in [4.69, 9.17) is 4.98 Å². The SMILES string of the molecule is CCCNCc1cc(CCC)nc(N(CCC)CCC)c1. The van der Waals surface area contributed by atoms with Gasteiger partial charge in [0.15, 0.2) is 0 Å². The normalized spacial score (nSPS) is 10.9. The molecular weight excluding hydrogens is 258 g/mol. The summed E-state index contributed by atoms with van der Waals surface area (Å²) in [6.45, 7) is 13.1. The molecule has 1 N–H and O–H groups in total. The van der Waals surface area contributed by atoms with Gasteiger partial charge in [-0.05, 0) is 49.9 Å². The van der Waals surface area contributed by atoms with Gasteiger partial charge in [0.1, 0.15) is 5.82 Å². The quantitative estimate of drug-likeness (QED) is 0.621. The Labute approximate surface area is 131 Å². The Morgan fingerprint density at radius 3 is 2.24 bits per heavy atom. The first-order chi connectivity index (χ1) is 10.2. The van der Waals surface area contributed by atoms with Crippen molar-refractivity contribution in [3.05, 3.63) is 23.4 Å². The van der Waals surface area contributed by atoms with E-state index < -0.39 is 0 Å². The molecule has 0 aromatic carbocycles. The molecule has 1 aromatic rings. The Morgan fingerprint density at radius 2 is 1.67 bits per heavy atom. The lowest BCUT2D eigenvalue weighted by atomic mass is 10.1. The van der Waals surface area contributed by atoms with Crippen LogP contribution in [0.15, 0.2) is 12.1 Å². The van der Waals surface area contributed by atoms with Crippen molar-refractivity contribution < 1.29 is 0 Å². The second-order valence-electron chi connectivity index (χ2n) is 5.74. The highest BCUT2D eigenvalue weighted by Crippen LogP contribution is 2.17. The molecule has 0 bridgehead atoms. The van der Waals surface area contributed by atoms with Gasteiger partial charge in [0.2, 0.25) is 0 Å². The van der Waals surface area contributed by atoms with Crippen LogP contribution in [0.2, 0.25) is 0 Å². The Bertz CT molecular complexity index is 384. The van der Waals surface area contributed by atoms with E-state index in [1.807, 2.05) is 0 Å². The highest BCUT2D eigenvalue weighted by molar-refractivity contribution is 5.43. The van der Waals surface area contributed by atoms with Crippen molar-refractivity contribution >= 4 is 5.82 Å². The topological polar surface area (TPSA) is 28.2 Å². The summed E-state index contributed by atoms with van der Waals surface area (Å²) in [6, 6.07) is 4.54. The number of hydrogen-bond donors (Lipinski definition) is 1. The minimum atomic E-state index is 0.951. The van der Waals surface area contributed by atoms with Crippen molar-refractivity contribution in [2.45, 2.75) is 66.3 Å². The molecule has 0 aliphatic rings. The third kappa shape index (κ3) is 6.47. The Kier molecular flexibility index (Phi) is 9.07. The van der Waals surface area contributed by atoms with E-state index in [0.717, 1.165) is 44.8 Å². The molecule has 0 saturated carbocycles. The van der Waals surface area contributed by atoms with Gasteiger partial charge in [-0.3, -0.25) is 0 Å². The van der Waals surface area contributed by atoms with Gasteiger partial charge in [0.05, 0.1) is 0 Å². The predicted molar refractivity (Wildman–Crippen MR) is 93.0 cm³/mol. The molecule has 3 nitrogen and oxygen atoms in total. The first-order valence-corrected chi connectivity index (χ1v) is 8.70. The van der Waals surface area contributed by atoms with Gasteiger partial charge in [-0.2, -0.15) is 0 Å². The summed E-state index contributed by atoms with van der Waals surface area (Å²) in [4.78, 5) is 7.32. The molecule has 0 aliphatic heterocycles. The highest BCUT2D eigenvalue weighted by Gasteiger charge is 2.09. The van der Waals surface area contributed by atoms with E-state index in [-0.39, 0.29) is 0 Å². The summed E-state index contributed by atoms with van der Waals surface area (Å²) in [5.41, 5.74) is 2.61. The fourth-order valence-corrected chi connectivity index (χ4v) is 2.57. The summed E-state index contributed by atoms with van der Waals surface area (Å²) in [5.74, 6) is 1.16. The van der Waals surface area contributed by atoms with Crippen molar-refractivity contribution in [2.24, 2.45) is 0 Å². The van der Waals surface area contributed by atoms with Crippen molar-refractivity contribution in [1.29, 1.82) is 0 Å². The standard InChI is InChI=1S/C18H33N3/c1-5-9-17-13-16(15-19-10-6-2)14-18(20-17)21(11-7-3)12-8-4/h13-14,19H,5-12,15H2,1-4H3. The number of aromatic nitrogens is 1. The molecule has 0 saturated heterocycles. The van der Waals surface area contributed by atoms with Crippen molar-refractivity contribution in [3.8, 4) is 0 Å².